The molecule has 1 saturated heterocycles. The Labute approximate surface area is 171 Å². The molecule has 0 bridgehead atoms. The predicted octanol–water partition coefficient (Wildman–Crippen LogP) is 4.87. The minimum Gasteiger partial charge on any atom is -0.479 e. The van der Waals surface area contributed by atoms with Gasteiger partial charge in [0.15, 0.2) is 6.04 Å². The molecule has 1 heterocycles. The molecule has 0 spiro atoms. The Morgan fingerprint density at radius 3 is 2.43 bits per heavy atom. The highest BCUT2D eigenvalue weighted by Crippen LogP contribution is 2.39. The van der Waals surface area contributed by atoms with Crippen LogP contribution in [0.2, 0.25) is 0 Å². The van der Waals surface area contributed by atoms with Gasteiger partial charge in [-0.3, -0.25) is 9.69 Å². The molecule has 1 unspecified atom stereocenters. The first-order valence-electron chi connectivity index (χ1n) is 8.59. The molecule has 1 N–H and O–H groups in total. The van der Waals surface area contributed by atoms with Crippen molar-refractivity contribution in [3.63, 3.8) is 0 Å². The Hall–Kier alpha value is -2.96. The normalized spacial score (nSPS) is 16.7. The molecule has 1 aliphatic rings. The topological polar surface area (TPSA) is 57.6 Å². The molecule has 1 aliphatic heterocycles. The number of carbonyl (C=O) groups excluding carboxylic acids is 1. The minimum atomic E-state index is -1.15. The Kier molecular flexibility index (Phi) is 4.98. The second-order valence-corrected chi connectivity index (χ2v) is 7.95. The van der Waals surface area contributed by atoms with Crippen LogP contribution in [-0.4, -0.2) is 26.2 Å². The van der Waals surface area contributed by atoms with Crippen LogP contribution in [0.25, 0.3) is 16.8 Å². The van der Waals surface area contributed by atoms with E-state index in [9.17, 15) is 14.7 Å². The van der Waals surface area contributed by atoms with Crippen LogP contribution in [0.15, 0.2) is 77.7 Å². The van der Waals surface area contributed by atoms with Gasteiger partial charge in [-0.25, -0.2) is 4.79 Å². The molecule has 1 fully saturated rings. The number of aliphatic carboxylic acids is 1. The van der Waals surface area contributed by atoms with Gasteiger partial charge in [0.05, 0.1) is 4.91 Å². The van der Waals surface area contributed by atoms with Crippen LogP contribution in [0.5, 0.6) is 0 Å². The number of carboxylic acids is 1. The number of rotatable bonds is 4. The third-order valence-corrected chi connectivity index (χ3v) is 5.87. The fourth-order valence-electron chi connectivity index (χ4n) is 3.26. The van der Waals surface area contributed by atoms with E-state index >= 15 is 0 Å². The first kappa shape index (κ1) is 18.4. The minimum absolute atomic E-state index is 0.243. The number of carbonyl (C=O) groups is 2. The SMILES string of the molecule is O=C(O)C(c1ccccc1)N1C(=O)/C(=C/c2cccc3ccccc23)SC1=S. The van der Waals surface area contributed by atoms with Crippen molar-refractivity contribution in [2.45, 2.75) is 6.04 Å². The zero-order chi connectivity index (χ0) is 19.7. The number of fused-ring (bicyclic) bond motifs is 1. The highest BCUT2D eigenvalue weighted by molar-refractivity contribution is 8.26. The molecule has 3 aromatic carbocycles. The number of thiocarbonyl (C=S) groups is 1. The highest BCUT2D eigenvalue weighted by Gasteiger charge is 2.41. The number of thioether (sulfide) groups is 1. The fraction of sp³-hybridized carbons (Fsp3) is 0.0455. The van der Waals surface area contributed by atoms with Gasteiger partial charge in [0.1, 0.15) is 4.32 Å². The number of amides is 1. The summed E-state index contributed by atoms with van der Waals surface area (Å²) < 4.78 is 0.243. The molecule has 0 radical (unpaired) electrons. The average molecular weight is 406 g/mol. The summed E-state index contributed by atoms with van der Waals surface area (Å²) in [5.74, 6) is -1.51. The summed E-state index contributed by atoms with van der Waals surface area (Å²) >= 11 is 6.50. The molecule has 0 aromatic heterocycles. The predicted molar refractivity (Wildman–Crippen MR) is 116 cm³/mol. The van der Waals surface area contributed by atoms with Gasteiger partial charge < -0.3 is 5.11 Å². The van der Waals surface area contributed by atoms with Gasteiger partial charge >= 0.3 is 5.97 Å². The molecule has 6 heteroatoms. The summed E-state index contributed by atoms with van der Waals surface area (Å²) in [6.07, 6.45) is 1.78. The number of carboxylic acid groups (broad SMARTS) is 1. The maximum atomic E-state index is 13.1. The molecule has 0 saturated carbocycles. The van der Waals surface area contributed by atoms with Gasteiger partial charge in [0, 0.05) is 0 Å². The lowest BCUT2D eigenvalue weighted by Crippen LogP contribution is -2.37. The van der Waals surface area contributed by atoms with Crippen molar-refractivity contribution in [3.05, 3.63) is 88.8 Å². The molecule has 4 nitrogen and oxygen atoms in total. The zero-order valence-corrected chi connectivity index (χ0v) is 16.2. The van der Waals surface area contributed by atoms with Crippen molar-refractivity contribution in [2.24, 2.45) is 0 Å². The van der Waals surface area contributed by atoms with Crippen LogP contribution in [0.3, 0.4) is 0 Å². The Balaban J connectivity index is 1.74. The van der Waals surface area contributed by atoms with E-state index in [4.69, 9.17) is 12.2 Å². The fourth-order valence-corrected chi connectivity index (χ4v) is 4.56. The molecule has 4 rings (SSSR count). The van der Waals surface area contributed by atoms with Crippen LogP contribution in [0.4, 0.5) is 0 Å². The van der Waals surface area contributed by atoms with Crippen LogP contribution in [-0.2, 0) is 9.59 Å². The molecule has 0 aliphatic carbocycles. The van der Waals surface area contributed by atoms with Crippen LogP contribution in [0, 0.1) is 0 Å². The highest BCUT2D eigenvalue weighted by atomic mass is 32.2. The van der Waals surface area contributed by atoms with Gasteiger partial charge in [-0.1, -0.05) is 96.8 Å². The lowest BCUT2D eigenvalue weighted by atomic mass is 10.0. The smallest absolute Gasteiger partial charge is 0.331 e. The van der Waals surface area contributed by atoms with E-state index in [0.29, 0.717) is 10.5 Å². The summed E-state index contributed by atoms with van der Waals surface area (Å²) in [6.45, 7) is 0. The van der Waals surface area contributed by atoms with Crippen LogP contribution < -0.4 is 0 Å². The molecule has 3 aromatic rings. The summed E-state index contributed by atoms with van der Waals surface area (Å²) in [5.41, 5.74) is 1.41. The molecular formula is C22H15NO3S2. The van der Waals surface area contributed by atoms with E-state index in [1.165, 1.54) is 4.90 Å². The first-order chi connectivity index (χ1) is 13.6. The van der Waals surface area contributed by atoms with Crippen molar-refractivity contribution >= 4 is 57.0 Å². The van der Waals surface area contributed by atoms with Gasteiger partial charge in [0.25, 0.3) is 5.91 Å². The third kappa shape index (κ3) is 3.32. The number of benzene rings is 3. The first-order valence-corrected chi connectivity index (χ1v) is 9.81. The monoisotopic (exact) mass is 405 g/mol. The van der Waals surface area contributed by atoms with E-state index in [1.807, 2.05) is 42.5 Å². The standard InChI is InChI=1S/C22H15NO3S2/c24-20-18(13-16-11-6-10-14-7-4-5-12-17(14)16)28-22(27)23(20)19(21(25)26)15-8-2-1-3-9-15/h1-13,19H,(H,25,26)/b18-13-. The number of hydrogen-bond donors (Lipinski definition) is 1. The van der Waals surface area contributed by atoms with E-state index < -0.39 is 12.0 Å². The third-order valence-electron chi connectivity index (χ3n) is 4.54. The second kappa shape index (κ2) is 7.58. The van der Waals surface area contributed by atoms with Crippen molar-refractivity contribution < 1.29 is 14.7 Å². The van der Waals surface area contributed by atoms with Crippen molar-refractivity contribution in [1.82, 2.24) is 4.90 Å². The lowest BCUT2D eigenvalue weighted by molar-refractivity contribution is -0.145. The van der Waals surface area contributed by atoms with Gasteiger partial charge in [0.2, 0.25) is 0 Å². The van der Waals surface area contributed by atoms with E-state index in [0.717, 1.165) is 28.1 Å². The average Bonchev–Trinajstić information content (AvgIpc) is 2.97. The molecule has 1 atom stereocenters. The quantitative estimate of drug-likeness (QED) is 0.496. The number of nitrogens with zero attached hydrogens (tertiary/aromatic N) is 1. The van der Waals surface area contributed by atoms with Gasteiger partial charge in [-0.2, -0.15) is 0 Å². The Morgan fingerprint density at radius 1 is 1.00 bits per heavy atom. The Morgan fingerprint density at radius 2 is 1.68 bits per heavy atom. The summed E-state index contributed by atoms with van der Waals surface area (Å²) in [4.78, 5) is 26.6. The maximum Gasteiger partial charge on any atom is 0.331 e. The van der Waals surface area contributed by atoms with E-state index in [2.05, 4.69) is 0 Å². The second-order valence-electron chi connectivity index (χ2n) is 6.27. The van der Waals surface area contributed by atoms with Gasteiger partial charge in [-0.15, -0.1) is 0 Å². The molecule has 28 heavy (non-hydrogen) atoms. The zero-order valence-electron chi connectivity index (χ0n) is 14.6. The van der Waals surface area contributed by atoms with Crippen molar-refractivity contribution in [3.8, 4) is 0 Å². The maximum absolute atomic E-state index is 13.1. The van der Waals surface area contributed by atoms with E-state index in [1.54, 1.807) is 36.4 Å². The van der Waals surface area contributed by atoms with Crippen LogP contribution in [0.1, 0.15) is 17.2 Å². The summed E-state index contributed by atoms with van der Waals surface area (Å²) in [5, 5.41) is 11.8. The van der Waals surface area contributed by atoms with Crippen molar-refractivity contribution in [1.29, 1.82) is 0 Å². The largest absolute Gasteiger partial charge is 0.479 e. The Bertz CT molecular complexity index is 1120. The van der Waals surface area contributed by atoms with Crippen molar-refractivity contribution in [2.75, 3.05) is 0 Å². The molecule has 1 amide bonds. The molecule has 138 valence electrons. The van der Waals surface area contributed by atoms with Crippen LogP contribution >= 0.6 is 24.0 Å². The summed E-state index contributed by atoms with van der Waals surface area (Å²) in [6, 6.07) is 21.3. The van der Waals surface area contributed by atoms with E-state index in [-0.39, 0.29) is 10.2 Å². The lowest BCUT2D eigenvalue weighted by Gasteiger charge is -2.23. The van der Waals surface area contributed by atoms with Gasteiger partial charge in [-0.05, 0) is 28.0 Å². The number of hydrogen-bond acceptors (Lipinski definition) is 4. The molecular weight excluding hydrogens is 390 g/mol. The summed E-state index contributed by atoms with van der Waals surface area (Å²) in [7, 11) is 0.